The number of nitrogens with zero attached hydrogens (tertiary/aromatic N) is 1. The molecule has 3 heteroatoms. The summed E-state index contributed by atoms with van der Waals surface area (Å²) in [5.74, 6) is 0.965. The summed E-state index contributed by atoms with van der Waals surface area (Å²) in [4.78, 5) is 11.5. The number of carbonyl (C=O) groups excluding carboxylic acids is 1. The van der Waals surface area contributed by atoms with Crippen molar-refractivity contribution < 1.29 is 9.32 Å². The first-order chi connectivity index (χ1) is 8.13. The van der Waals surface area contributed by atoms with Gasteiger partial charge in [-0.1, -0.05) is 36.3 Å². The van der Waals surface area contributed by atoms with Crippen LogP contribution in [0.2, 0.25) is 0 Å². The van der Waals surface area contributed by atoms with Crippen LogP contribution in [0.15, 0.2) is 28.8 Å². The Morgan fingerprint density at radius 2 is 1.88 bits per heavy atom. The van der Waals surface area contributed by atoms with Gasteiger partial charge in [0, 0.05) is 17.5 Å². The normalized spacial score (nSPS) is 10.5. The van der Waals surface area contributed by atoms with Crippen molar-refractivity contribution in [1.29, 1.82) is 0 Å². The van der Waals surface area contributed by atoms with E-state index < -0.39 is 0 Å². The van der Waals surface area contributed by atoms with E-state index in [2.05, 4.69) is 5.16 Å². The summed E-state index contributed by atoms with van der Waals surface area (Å²) in [7, 11) is 0. The molecule has 3 nitrogen and oxygen atoms in total. The summed E-state index contributed by atoms with van der Waals surface area (Å²) in [5.41, 5.74) is 3.68. The van der Waals surface area contributed by atoms with Gasteiger partial charge in [-0.3, -0.25) is 4.79 Å². The molecule has 1 aromatic carbocycles. The average molecular weight is 229 g/mol. The molecule has 1 heterocycles. The molecule has 0 saturated heterocycles. The quantitative estimate of drug-likeness (QED) is 0.756. The van der Waals surface area contributed by atoms with E-state index in [1.165, 1.54) is 0 Å². The van der Waals surface area contributed by atoms with Gasteiger partial charge < -0.3 is 4.52 Å². The van der Waals surface area contributed by atoms with E-state index in [-0.39, 0.29) is 5.78 Å². The maximum atomic E-state index is 11.5. The first-order valence-electron chi connectivity index (χ1n) is 5.70. The Morgan fingerprint density at radius 3 is 2.35 bits per heavy atom. The van der Waals surface area contributed by atoms with Gasteiger partial charge in [-0.25, -0.2) is 0 Å². The molecule has 17 heavy (non-hydrogen) atoms. The molecule has 2 rings (SSSR count). The molecule has 0 unspecified atom stereocenters. The van der Waals surface area contributed by atoms with Crippen LogP contribution >= 0.6 is 0 Å². The van der Waals surface area contributed by atoms with Crippen LogP contribution in [0.4, 0.5) is 0 Å². The van der Waals surface area contributed by atoms with Gasteiger partial charge >= 0.3 is 0 Å². The molecule has 0 bridgehead atoms. The topological polar surface area (TPSA) is 43.1 Å². The van der Waals surface area contributed by atoms with E-state index in [4.69, 9.17) is 4.52 Å². The highest BCUT2D eigenvalue weighted by molar-refractivity contribution is 5.96. The molecule has 0 fully saturated rings. The summed E-state index contributed by atoms with van der Waals surface area (Å²) in [6, 6.07) is 7.59. The van der Waals surface area contributed by atoms with Gasteiger partial charge in [0.15, 0.2) is 5.78 Å². The lowest BCUT2D eigenvalue weighted by Gasteiger charge is -2.02. The molecule has 0 aliphatic heterocycles. The Morgan fingerprint density at radius 1 is 1.24 bits per heavy atom. The van der Waals surface area contributed by atoms with Gasteiger partial charge in [-0.2, -0.15) is 0 Å². The second kappa shape index (κ2) is 4.53. The van der Waals surface area contributed by atoms with Crippen molar-refractivity contribution in [3.63, 3.8) is 0 Å². The monoisotopic (exact) mass is 229 g/mol. The fourth-order valence-electron chi connectivity index (χ4n) is 1.92. The number of ketones is 1. The van der Waals surface area contributed by atoms with Gasteiger partial charge in [0.2, 0.25) is 0 Å². The molecule has 0 spiro atoms. The Balaban J connectivity index is 2.39. The maximum Gasteiger partial charge on any atom is 0.162 e. The van der Waals surface area contributed by atoms with E-state index in [9.17, 15) is 4.79 Å². The highest BCUT2D eigenvalue weighted by Gasteiger charge is 2.11. The predicted molar refractivity (Wildman–Crippen MR) is 66.0 cm³/mol. The Kier molecular flexibility index (Phi) is 3.09. The van der Waals surface area contributed by atoms with Gasteiger partial charge in [0.1, 0.15) is 5.76 Å². The molecular formula is C14H15NO2. The van der Waals surface area contributed by atoms with Crippen LogP contribution < -0.4 is 0 Å². The minimum Gasteiger partial charge on any atom is -0.361 e. The van der Waals surface area contributed by atoms with Gasteiger partial charge in [0.25, 0.3) is 0 Å². The largest absolute Gasteiger partial charge is 0.361 e. The second-order valence-electron chi connectivity index (χ2n) is 4.05. The number of hydrogen-bond donors (Lipinski definition) is 0. The lowest BCUT2D eigenvalue weighted by molar-refractivity contribution is 0.0988. The number of benzene rings is 1. The highest BCUT2D eigenvalue weighted by Crippen LogP contribution is 2.26. The van der Waals surface area contributed by atoms with Crippen LogP contribution in [-0.2, 0) is 0 Å². The molecule has 2 aromatic rings. The highest BCUT2D eigenvalue weighted by atomic mass is 16.5. The van der Waals surface area contributed by atoms with Crippen molar-refractivity contribution in [2.45, 2.75) is 27.2 Å². The molecule has 1 aromatic heterocycles. The summed E-state index contributed by atoms with van der Waals surface area (Å²) in [5, 5.41) is 3.92. The first-order valence-corrected chi connectivity index (χ1v) is 5.70. The zero-order valence-corrected chi connectivity index (χ0v) is 10.3. The number of Topliss-reactive ketones (excluding diaryl/α,β-unsaturated/α-hetero) is 1. The predicted octanol–water partition coefficient (Wildman–Crippen LogP) is 3.55. The minimum atomic E-state index is 0.162. The van der Waals surface area contributed by atoms with Crippen LogP contribution in [0.3, 0.4) is 0 Å². The van der Waals surface area contributed by atoms with E-state index in [0.29, 0.717) is 6.42 Å². The van der Waals surface area contributed by atoms with Crippen molar-refractivity contribution in [2.75, 3.05) is 0 Å². The van der Waals surface area contributed by atoms with Crippen molar-refractivity contribution >= 4 is 5.78 Å². The summed E-state index contributed by atoms with van der Waals surface area (Å²) < 4.78 is 5.13. The zero-order valence-electron chi connectivity index (χ0n) is 10.3. The smallest absolute Gasteiger partial charge is 0.162 e. The Hall–Kier alpha value is -1.90. The van der Waals surface area contributed by atoms with E-state index in [0.717, 1.165) is 28.1 Å². The van der Waals surface area contributed by atoms with Gasteiger partial charge in [-0.15, -0.1) is 0 Å². The third kappa shape index (κ3) is 2.13. The third-order valence-corrected chi connectivity index (χ3v) is 2.85. The minimum absolute atomic E-state index is 0.162. The van der Waals surface area contributed by atoms with Gasteiger partial charge in [-0.05, 0) is 19.4 Å². The molecule has 0 saturated carbocycles. The van der Waals surface area contributed by atoms with E-state index >= 15 is 0 Å². The van der Waals surface area contributed by atoms with Crippen molar-refractivity contribution in [2.24, 2.45) is 0 Å². The molecular weight excluding hydrogens is 214 g/mol. The molecule has 0 atom stereocenters. The Bertz CT molecular complexity index is 518. The standard InChI is InChI=1S/C14H15NO2/c1-4-13(16)11-5-7-12(8-6-11)14-9(2)15-17-10(14)3/h5-8H,4H2,1-3H3. The fourth-order valence-corrected chi connectivity index (χ4v) is 1.92. The zero-order chi connectivity index (χ0) is 12.4. The SMILES string of the molecule is CCC(=O)c1ccc(-c2c(C)noc2C)cc1. The maximum absolute atomic E-state index is 11.5. The molecule has 0 radical (unpaired) electrons. The summed E-state index contributed by atoms with van der Waals surface area (Å²) in [6.07, 6.45) is 0.532. The summed E-state index contributed by atoms with van der Waals surface area (Å²) >= 11 is 0. The number of carbonyl (C=O) groups is 1. The van der Waals surface area contributed by atoms with Crippen molar-refractivity contribution in [3.8, 4) is 11.1 Å². The molecule has 0 aliphatic carbocycles. The number of aromatic nitrogens is 1. The average Bonchev–Trinajstić information content (AvgIpc) is 2.68. The van der Waals surface area contributed by atoms with Crippen molar-refractivity contribution in [1.82, 2.24) is 5.16 Å². The van der Waals surface area contributed by atoms with E-state index in [1.807, 2.05) is 45.0 Å². The number of aryl methyl sites for hydroxylation is 2. The van der Waals surface area contributed by atoms with Crippen LogP contribution in [0.25, 0.3) is 11.1 Å². The lowest BCUT2D eigenvalue weighted by atomic mass is 10.0. The molecule has 0 aliphatic rings. The van der Waals surface area contributed by atoms with Crippen LogP contribution in [-0.4, -0.2) is 10.9 Å². The van der Waals surface area contributed by atoms with Crippen LogP contribution in [0.5, 0.6) is 0 Å². The molecule has 0 N–H and O–H groups in total. The third-order valence-electron chi connectivity index (χ3n) is 2.85. The van der Waals surface area contributed by atoms with Crippen LogP contribution in [0, 0.1) is 13.8 Å². The molecule has 0 amide bonds. The van der Waals surface area contributed by atoms with Crippen LogP contribution in [0.1, 0.15) is 35.2 Å². The number of rotatable bonds is 3. The fraction of sp³-hybridized carbons (Fsp3) is 0.286. The van der Waals surface area contributed by atoms with Crippen molar-refractivity contribution in [3.05, 3.63) is 41.3 Å². The molecule has 88 valence electrons. The lowest BCUT2D eigenvalue weighted by Crippen LogP contribution is -1.95. The van der Waals surface area contributed by atoms with Gasteiger partial charge in [0.05, 0.1) is 5.69 Å². The number of hydrogen-bond acceptors (Lipinski definition) is 3. The summed E-state index contributed by atoms with van der Waals surface area (Å²) in [6.45, 7) is 5.67. The Labute approximate surface area is 100 Å². The first kappa shape index (κ1) is 11.6. The second-order valence-corrected chi connectivity index (χ2v) is 4.05. The van der Waals surface area contributed by atoms with E-state index in [1.54, 1.807) is 0 Å².